The maximum Gasteiger partial charge on any atom is 0.423 e. The Hall–Kier alpha value is -1.98. The third kappa shape index (κ3) is 2.57. The maximum atomic E-state index is 12.6. The number of alkyl halides is 3. The lowest BCUT2D eigenvalue weighted by Gasteiger charge is -2.10. The lowest BCUT2D eigenvalue weighted by molar-refractivity contribution is -0.139. The van der Waals surface area contributed by atoms with Gasteiger partial charge in [0, 0.05) is 23.7 Å². The summed E-state index contributed by atoms with van der Waals surface area (Å²) in [6, 6.07) is 3.92. The van der Waals surface area contributed by atoms with Crippen LogP contribution in [-0.4, -0.2) is 6.54 Å². The molecule has 0 saturated heterocycles. The zero-order valence-corrected chi connectivity index (χ0v) is 10.4. The molecule has 1 N–H and O–H groups in total. The molecule has 0 atom stereocenters. The molecule has 6 heteroatoms. The number of fused-ring (bicyclic) bond motifs is 1. The van der Waals surface area contributed by atoms with Crippen LogP contribution in [0.15, 0.2) is 27.4 Å². The maximum absolute atomic E-state index is 12.6. The predicted octanol–water partition coefficient (Wildman–Crippen LogP) is 3.55. The lowest BCUT2D eigenvalue weighted by Crippen LogP contribution is -2.18. The minimum Gasteiger partial charge on any atom is -0.422 e. The lowest BCUT2D eigenvalue weighted by atomic mass is 10.1. The average molecular weight is 271 g/mol. The van der Waals surface area contributed by atoms with Gasteiger partial charge in [0.15, 0.2) is 0 Å². The number of aryl methyl sites for hydroxylation is 1. The first-order valence-electron chi connectivity index (χ1n) is 5.72. The fourth-order valence-electron chi connectivity index (χ4n) is 1.86. The topological polar surface area (TPSA) is 42.2 Å². The van der Waals surface area contributed by atoms with Crippen LogP contribution < -0.4 is 10.9 Å². The van der Waals surface area contributed by atoms with Gasteiger partial charge in [-0.25, -0.2) is 4.79 Å². The second-order valence-electron chi connectivity index (χ2n) is 4.18. The highest BCUT2D eigenvalue weighted by molar-refractivity contribution is 5.82. The summed E-state index contributed by atoms with van der Waals surface area (Å²) in [4.78, 5) is 11.3. The molecule has 0 aliphatic heterocycles. The number of hydrogen-bond donors (Lipinski definition) is 1. The van der Waals surface area contributed by atoms with Crippen LogP contribution in [0.5, 0.6) is 0 Å². The van der Waals surface area contributed by atoms with Gasteiger partial charge in [-0.05, 0) is 31.5 Å². The molecule has 0 spiro atoms. The van der Waals surface area contributed by atoms with Crippen LogP contribution in [0.25, 0.3) is 11.0 Å². The van der Waals surface area contributed by atoms with E-state index >= 15 is 0 Å². The Bertz CT molecular complexity index is 674. The molecule has 1 aromatic heterocycles. The van der Waals surface area contributed by atoms with Crippen LogP contribution >= 0.6 is 0 Å². The van der Waals surface area contributed by atoms with Crippen LogP contribution in [0.2, 0.25) is 0 Å². The molecule has 0 fully saturated rings. The van der Waals surface area contributed by atoms with Crippen LogP contribution in [0, 0.1) is 6.92 Å². The van der Waals surface area contributed by atoms with Gasteiger partial charge in [-0.2, -0.15) is 13.2 Å². The van der Waals surface area contributed by atoms with Crippen molar-refractivity contribution >= 4 is 16.7 Å². The van der Waals surface area contributed by atoms with E-state index in [0.29, 0.717) is 6.54 Å². The zero-order chi connectivity index (χ0) is 14.2. The second-order valence-corrected chi connectivity index (χ2v) is 4.18. The van der Waals surface area contributed by atoms with Gasteiger partial charge in [0.2, 0.25) is 0 Å². The van der Waals surface area contributed by atoms with Crippen LogP contribution in [0.1, 0.15) is 18.1 Å². The fraction of sp³-hybridized carbons (Fsp3) is 0.308. The second kappa shape index (κ2) is 4.60. The van der Waals surface area contributed by atoms with Gasteiger partial charge in [0.25, 0.3) is 0 Å². The SMILES string of the molecule is CCNc1cc2oc(=O)c(C(F)(F)F)cc2cc1C. The summed E-state index contributed by atoms with van der Waals surface area (Å²) in [5.74, 6) is 0. The third-order valence-corrected chi connectivity index (χ3v) is 2.75. The van der Waals surface area contributed by atoms with Crippen LogP contribution in [0.4, 0.5) is 18.9 Å². The van der Waals surface area contributed by atoms with Gasteiger partial charge < -0.3 is 9.73 Å². The van der Waals surface area contributed by atoms with E-state index in [4.69, 9.17) is 4.42 Å². The molecular formula is C13H12F3NO2. The summed E-state index contributed by atoms with van der Waals surface area (Å²) < 4.78 is 42.6. The van der Waals surface area contributed by atoms with E-state index in [1.165, 1.54) is 6.07 Å². The molecule has 19 heavy (non-hydrogen) atoms. The number of hydrogen-bond acceptors (Lipinski definition) is 3. The van der Waals surface area contributed by atoms with Gasteiger partial charge in [0.1, 0.15) is 11.1 Å². The summed E-state index contributed by atoms with van der Waals surface area (Å²) in [5.41, 5.74) is -0.990. The molecular weight excluding hydrogens is 259 g/mol. The van der Waals surface area contributed by atoms with E-state index in [0.717, 1.165) is 17.3 Å². The molecule has 0 bridgehead atoms. The van der Waals surface area contributed by atoms with Crippen molar-refractivity contribution in [3.05, 3.63) is 39.7 Å². The highest BCUT2D eigenvalue weighted by Gasteiger charge is 2.35. The molecule has 2 rings (SSSR count). The molecule has 0 radical (unpaired) electrons. The van der Waals surface area contributed by atoms with Gasteiger partial charge >= 0.3 is 11.8 Å². The Morgan fingerprint density at radius 3 is 2.53 bits per heavy atom. The van der Waals surface area contributed by atoms with Crippen molar-refractivity contribution in [2.75, 3.05) is 11.9 Å². The van der Waals surface area contributed by atoms with Gasteiger partial charge in [-0.15, -0.1) is 0 Å². The Kier molecular flexibility index (Phi) is 3.26. The van der Waals surface area contributed by atoms with E-state index in [-0.39, 0.29) is 11.0 Å². The summed E-state index contributed by atoms with van der Waals surface area (Å²) in [7, 11) is 0. The van der Waals surface area contributed by atoms with Crippen molar-refractivity contribution < 1.29 is 17.6 Å². The molecule has 1 aromatic carbocycles. The van der Waals surface area contributed by atoms with E-state index in [2.05, 4.69) is 5.32 Å². The number of anilines is 1. The van der Waals surface area contributed by atoms with E-state index in [9.17, 15) is 18.0 Å². The Balaban J connectivity index is 2.69. The van der Waals surface area contributed by atoms with E-state index in [1.54, 1.807) is 13.0 Å². The molecule has 0 aliphatic rings. The van der Waals surface area contributed by atoms with Crippen molar-refractivity contribution in [3.8, 4) is 0 Å². The standard InChI is InChI=1S/C13H12F3NO2/c1-3-17-10-6-11-8(4-7(10)2)5-9(12(18)19-11)13(14,15)16/h4-6,17H,3H2,1-2H3. The number of nitrogens with one attached hydrogen (secondary N) is 1. The average Bonchev–Trinajstić information content (AvgIpc) is 2.29. The highest BCUT2D eigenvalue weighted by Crippen LogP contribution is 2.30. The van der Waals surface area contributed by atoms with E-state index < -0.39 is 17.4 Å². The van der Waals surface area contributed by atoms with Crippen molar-refractivity contribution in [2.45, 2.75) is 20.0 Å². The minimum atomic E-state index is -4.71. The molecule has 0 aliphatic carbocycles. The first kappa shape index (κ1) is 13.5. The monoisotopic (exact) mass is 271 g/mol. The van der Waals surface area contributed by atoms with Gasteiger partial charge in [-0.1, -0.05) is 0 Å². The predicted molar refractivity (Wildman–Crippen MR) is 66.4 cm³/mol. The smallest absolute Gasteiger partial charge is 0.422 e. The Morgan fingerprint density at radius 1 is 1.26 bits per heavy atom. The van der Waals surface area contributed by atoms with E-state index in [1.807, 2.05) is 6.92 Å². The Morgan fingerprint density at radius 2 is 1.95 bits per heavy atom. The highest BCUT2D eigenvalue weighted by atomic mass is 19.4. The van der Waals surface area contributed by atoms with Crippen LogP contribution in [-0.2, 0) is 6.18 Å². The molecule has 2 aromatic rings. The normalized spacial score (nSPS) is 11.8. The summed E-state index contributed by atoms with van der Waals surface area (Å²) in [6.45, 7) is 4.33. The molecule has 0 unspecified atom stereocenters. The van der Waals surface area contributed by atoms with Crippen LogP contribution in [0.3, 0.4) is 0 Å². The summed E-state index contributed by atoms with van der Waals surface area (Å²) in [6.07, 6.45) is -4.71. The third-order valence-electron chi connectivity index (χ3n) is 2.75. The van der Waals surface area contributed by atoms with Crippen molar-refractivity contribution in [1.82, 2.24) is 0 Å². The van der Waals surface area contributed by atoms with Crippen molar-refractivity contribution in [3.63, 3.8) is 0 Å². The first-order chi connectivity index (χ1) is 8.82. The Labute approximate surface area is 107 Å². The zero-order valence-electron chi connectivity index (χ0n) is 10.4. The van der Waals surface area contributed by atoms with Crippen molar-refractivity contribution in [2.24, 2.45) is 0 Å². The molecule has 102 valence electrons. The first-order valence-corrected chi connectivity index (χ1v) is 5.72. The molecule has 3 nitrogen and oxygen atoms in total. The number of rotatable bonds is 2. The largest absolute Gasteiger partial charge is 0.423 e. The summed E-state index contributed by atoms with van der Waals surface area (Å²) in [5, 5.41) is 3.30. The number of benzene rings is 1. The number of halogens is 3. The van der Waals surface area contributed by atoms with Crippen molar-refractivity contribution in [1.29, 1.82) is 0 Å². The molecule has 0 amide bonds. The summed E-state index contributed by atoms with van der Waals surface area (Å²) >= 11 is 0. The molecule has 0 saturated carbocycles. The van der Waals surface area contributed by atoms with Gasteiger partial charge in [-0.3, -0.25) is 0 Å². The van der Waals surface area contributed by atoms with Gasteiger partial charge in [0.05, 0.1) is 0 Å². The minimum absolute atomic E-state index is 0.138. The fourth-order valence-corrected chi connectivity index (χ4v) is 1.86. The molecule has 1 heterocycles. The quantitative estimate of drug-likeness (QED) is 0.849.